The average molecular weight is 458 g/mol. The molecule has 7 nitrogen and oxygen atoms in total. The lowest BCUT2D eigenvalue weighted by Gasteiger charge is -2.32. The van der Waals surface area contributed by atoms with Crippen molar-refractivity contribution in [3.63, 3.8) is 0 Å². The predicted octanol–water partition coefficient (Wildman–Crippen LogP) is 2.80. The van der Waals surface area contributed by atoms with Gasteiger partial charge in [0.2, 0.25) is 0 Å². The Balaban J connectivity index is 0.000000360. The third-order valence-corrected chi connectivity index (χ3v) is 5.94. The van der Waals surface area contributed by atoms with Gasteiger partial charge in [-0.15, -0.1) is 0 Å². The van der Waals surface area contributed by atoms with Crippen molar-refractivity contribution in [2.24, 2.45) is 0 Å². The number of hydrogen-bond donors (Lipinski definition) is 1. The zero-order chi connectivity index (χ0) is 23.1. The van der Waals surface area contributed by atoms with Crippen LogP contribution < -0.4 is 0 Å². The number of carbonyl (C=O) groups is 2. The van der Waals surface area contributed by atoms with E-state index in [1.165, 1.54) is 25.9 Å². The number of fused-ring (bicyclic) bond motifs is 1. The zero-order valence-corrected chi connectivity index (χ0v) is 17.8. The van der Waals surface area contributed by atoms with Crippen LogP contribution in [0.1, 0.15) is 36.0 Å². The first-order chi connectivity index (χ1) is 15.3. The van der Waals surface area contributed by atoms with E-state index in [0.29, 0.717) is 6.54 Å². The minimum absolute atomic E-state index is 0.000523. The minimum atomic E-state index is -5.08. The lowest BCUT2D eigenvalue weighted by Crippen LogP contribution is -2.44. The van der Waals surface area contributed by atoms with Crippen LogP contribution in [0.3, 0.4) is 0 Å². The van der Waals surface area contributed by atoms with E-state index in [4.69, 9.17) is 19.4 Å². The van der Waals surface area contributed by atoms with Crippen LogP contribution in [0, 0.1) is 0 Å². The molecule has 3 fully saturated rings. The Bertz CT molecular complexity index is 756. The minimum Gasteiger partial charge on any atom is -0.475 e. The number of rotatable bonds is 5. The zero-order valence-electron chi connectivity index (χ0n) is 17.8. The van der Waals surface area contributed by atoms with E-state index in [2.05, 4.69) is 4.90 Å². The summed E-state index contributed by atoms with van der Waals surface area (Å²) in [7, 11) is 0. The molecule has 1 N–H and O–H groups in total. The normalized spacial score (nSPS) is 25.7. The maximum Gasteiger partial charge on any atom is 0.490 e. The first-order valence-electron chi connectivity index (χ1n) is 10.9. The molecule has 1 aromatic rings. The number of alkyl halides is 3. The highest BCUT2D eigenvalue weighted by Gasteiger charge is 2.46. The molecule has 0 bridgehead atoms. The first-order valence-corrected chi connectivity index (χ1v) is 10.9. The van der Waals surface area contributed by atoms with Crippen LogP contribution in [-0.2, 0) is 14.3 Å². The van der Waals surface area contributed by atoms with Crippen molar-refractivity contribution in [1.29, 1.82) is 0 Å². The number of halogens is 3. The van der Waals surface area contributed by atoms with E-state index in [0.717, 1.165) is 38.2 Å². The van der Waals surface area contributed by atoms with Gasteiger partial charge in [-0.3, -0.25) is 4.79 Å². The third kappa shape index (κ3) is 6.43. The molecule has 3 saturated heterocycles. The first kappa shape index (κ1) is 24.5. The second-order valence-electron chi connectivity index (χ2n) is 8.13. The molecule has 1 aromatic carbocycles. The van der Waals surface area contributed by atoms with Gasteiger partial charge in [0.1, 0.15) is 12.2 Å². The summed E-state index contributed by atoms with van der Waals surface area (Å²) in [6, 6.07) is 9.71. The molecule has 3 aliphatic heterocycles. The molecule has 10 heteroatoms. The van der Waals surface area contributed by atoms with Crippen molar-refractivity contribution < 1.29 is 37.3 Å². The smallest absolute Gasteiger partial charge is 0.475 e. The maximum atomic E-state index is 12.9. The number of ether oxygens (including phenoxy) is 2. The highest BCUT2D eigenvalue weighted by atomic mass is 19.4. The van der Waals surface area contributed by atoms with Crippen molar-refractivity contribution in [3.05, 3.63) is 35.9 Å². The largest absolute Gasteiger partial charge is 0.490 e. The summed E-state index contributed by atoms with van der Waals surface area (Å²) in [5, 5.41) is 7.12. The highest BCUT2D eigenvalue weighted by Crippen LogP contribution is 2.31. The molecule has 0 unspecified atom stereocenters. The number of nitrogens with zero attached hydrogens (tertiary/aromatic N) is 2. The molecule has 3 heterocycles. The molecule has 32 heavy (non-hydrogen) atoms. The summed E-state index contributed by atoms with van der Waals surface area (Å²) in [5.74, 6) is -2.65. The SMILES string of the molecule is O=C(O)C(F)(F)F.O=C(c1ccccc1)N1C[C@H](OCCN2CCCC2)[C@H]2OCCC[C@H]21. The highest BCUT2D eigenvalue weighted by molar-refractivity contribution is 5.94. The summed E-state index contributed by atoms with van der Waals surface area (Å²) in [6.45, 7) is 5.51. The molecule has 0 saturated carbocycles. The third-order valence-electron chi connectivity index (χ3n) is 5.94. The average Bonchev–Trinajstić information content (AvgIpc) is 3.42. The van der Waals surface area contributed by atoms with Gasteiger partial charge >= 0.3 is 12.1 Å². The molecule has 3 aliphatic rings. The predicted molar refractivity (Wildman–Crippen MR) is 109 cm³/mol. The summed E-state index contributed by atoms with van der Waals surface area (Å²) < 4.78 is 43.9. The van der Waals surface area contributed by atoms with E-state index < -0.39 is 12.1 Å². The molecule has 0 spiro atoms. The van der Waals surface area contributed by atoms with Crippen molar-refractivity contribution >= 4 is 11.9 Å². The van der Waals surface area contributed by atoms with Crippen molar-refractivity contribution in [1.82, 2.24) is 9.80 Å². The lowest BCUT2D eigenvalue weighted by molar-refractivity contribution is -0.192. The fourth-order valence-electron chi connectivity index (χ4n) is 4.38. The second-order valence-corrected chi connectivity index (χ2v) is 8.13. The number of carboxylic acids is 1. The Hall–Kier alpha value is -2.17. The van der Waals surface area contributed by atoms with Gasteiger partial charge in [0.05, 0.1) is 19.2 Å². The number of likely N-dealkylation sites (tertiary alicyclic amines) is 2. The fraction of sp³-hybridized carbons (Fsp3) is 0.636. The second kappa shape index (κ2) is 11.1. The fourth-order valence-corrected chi connectivity index (χ4v) is 4.38. The Labute approximate surface area is 185 Å². The topological polar surface area (TPSA) is 79.3 Å². The number of hydrogen-bond acceptors (Lipinski definition) is 5. The van der Waals surface area contributed by atoms with E-state index in [-0.39, 0.29) is 24.2 Å². The standard InChI is InChI=1S/C20H28N2O3.C2HF3O2/c23-20(16-7-2-1-3-8-16)22-15-18(19-17(22)9-6-13-25-19)24-14-12-21-10-4-5-11-21;3-2(4,5)1(6)7/h1-3,7-8,17-19H,4-6,9-15H2;(H,6,7)/t17-,18+,19+;/m1./s1. The van der Waals surface area contributed by atoms with Crippen molar-refractivity contribution in [2.45, 2.75) is 50.1 Å². The van der Waals surface area contributed by atoms with E-state index in [1.54, 1.807) is 0 Å². The van der Waals surface area contributed by atoms with Crippen LogP contribution in [-0.4, -0.2) is 90.6 Å². The molecule has 0 radical (unpaired) electrons. The van der Waals surface area contributed by atoms with Gasteiger partial charge in [-0.1, -0.05) is 18.2 Å². The molecule has 0 aromatic heterocycles. The number of carbonyl (C=O) groups excluding carboxylic acids is 1. The van der Waals surface area contributed by atoms with E-state index in [9.17, 15) is 18.0 Å². The van der Waals surface area contributed by atoms with E-state index in [1.807, 2.05) is 35.2 Å². The molecule has 4 rings (SSSR count). The Morgan fingerprint density at radius 2 is 1.78 bits per heavy atom. The van der Waals surface area contributed by atoms with Crippen LogP contribution >= 0.6 is 0 Å². The Kier molecular flexibility index (Phi) is 8.50. The van der Waals surface area contributed by atoms with Gasteiger partial charge < -0.3 is 24.4 Å². The molecular weight excluding hydrogens is 429 g/mol. The molecule has 3 atom stereocenters. The number of benzene rings is 1. The molecule has 0 aliphatic carbocycles. The summed E-state index contributed by atoms with van der Waals surface area (Å²) in [5.41, 5.74) is 0.754. The van der Waals surface area contributed by atoms with Crippen LogP contribution in [0.4, 0.5) is 13.2 Å². The van der Waals surface area contributed by atoms with Gasteiger partial charge in [0.15, 0.2) is 0 Å². The van der Waals surface area contributed by atoms with Crippen molar-refractivity contribution in [3.8, 4) is 0 Å². The Morgan fingerprint density at radius 3 is 2.41 bits per heavy atom. The number of carboxylic acid groups (broad SMARTS) is 1. The maximum absolute atomic E-state index is 12.9. The number of amides is 1. The summed E-state index contributed by atoms with van der Waals surface area (Å²) in [4.78, 5) is 26.3. The van der Waals surface area contributed by atoms with Gasteiger partial charge in [-0.05, 0) is 50.9 Å². The molecule has 1 amide bonds. The Morgan fingerprint density at radius 1 is 1.12 bits per heavy atom. The monoisotopic (exact) mass is 458 g/mol. The van der Waals surface area contributed by atoms with Gasteiger partial charge in [-0.2, -0.15) is 13.2 Å². The lowest BCUT2D eigenvalue weighted by atomic mass is 10.0. The summed E-state index contributed by atoms with van der Waals surface area (Å²) in [6.07, 6.45) is -0.427. The van der Waals surface area contributed by atoms with Gasteiger partial charge in [0.25, 0.3) is 5.91 Å². The van der Waals surface area contributed by atoms with Crippen LogP contribution in [0.5, 0.6) is 0 Å². The van der Waals surface area contributed by atoms with E-state index >= 15 is 0 Å². The molecular formula is C22H29F3N2O5. The van der Waals surface area contributed by atoms with Crippen LogP contribution in [0.15, 0.2) is 30.3 Å². The quantitative estimate of drug-likeness (QED) is 0.731. The van der Waals surface area contributed by atoms with Gasteiger partial charge in [-0.25, -0.2) is 4.79 Å². The number of aliphatic carboxylic acids is 1. The van der Waals surface area contributed by atoms with Crippen LogP contribution in [0.2, 0.25) is 0 Å². The van der Waals surface area contributed by atoms with Crippen LogP contribution in [0.25, 0.3) is 0 Å². The van der Waals surface area contributed by atoms with Gasteiger partial charge in [0, 0.05) is 18.7 Å². The summed E-state index contributed by atoms with van der Waals surface area (Å²) >= 11 is 0. The molecule has 178 valence electrons. The van der Waals surface area contributed by atoms with Crippen molar-refractivity contribution in [2.75, 3.05) is 39.4 Å².